The van der Waals surface area contributed by atoms with Crippen molar-refractivity contribution in [1.82, 2.24) is 15.2 Å². The molecular weight excluding hydrogens is 364 g/mol. The molecule has 7 nitrogen and oxygen atoms in total. The van der Waals surface area contributed by atoms with Crippen LogP contribution in [0.5, 0.6) is 0 Å². The minimum atomic E-state index is -0.297. The Balaban J connectivity index is 1.46. The number of morpholine rings is 1. The van der Waals surface area contributed by atoms with Gasteiger partial charge in [0.05, 0.1) is 24.4 Å². The molecule has 2 amide bonds. The molecule has 144 valence electrons. The van der Waals surface area contributed by atoms with Crippen LogP contribution in [0.1, 0.15) is 29.9 Å². The third kappa shape index (κ3) is 5.85. The fraction of sp³-hybridized carbons (Fsp3) is 0.421. The average Bonchev–Trinajstić information content (AvgIpc) is 3.06. The van der Waals surface area contributed by atoms with Crippen molar-refractivity contribution in [2.75, 3.05) is 25.0 Å². The number of anilines is 1. The number of hydrogen-bond acceptors (Lipinski definition) is 6. The number of ether oxygens (including phenoxy) is 1. The Morgan fingerprint density at radius 3 is 2.63 bits per heavy atom. The zero-order valence-corrected chi connectivity index (χ0v) is 16.3. The molecule has 2 N–H and O–H groups in total. The van der Waals surface area contributed by atoms with Gasteiger partial charge in [0.15, 0.2) is 5.13 Å². The van der Waals surface area contributed by atoms with Gasteiger partial charge in [-0.05, 0) is 26.0 Å². The van der Waals surface area contributed by atoms with Crippen molar-refractivity contribution in [1.29, 1.82) is 0 Å². The Hall–Kier alpha value is -2.29. The van der Waals surface area contributed by atoms with Gasteiger partial charge in [-0.3, -0.25) is 14.5 Å². The zero-order valence-electron chi connectivity index (χ0n) is 15.5. The normalized spacial score (nSPS) is 20.2. The number of carbonyl (C=O) groups is 2. The van der Waals surface area contributed by atoms with Gasteiger partial charge in [-0.15, -0.1) is 11.3 Å². The summed E-state index contributed by atoms with van der Waals surface area (Å²) in [5.41, 5.74) is 1.45. The van der Waals surface area contributed by atoms with E-state index in [1.807, 2.05) is 11.4 Å². The van der Waals surface area contributed by atoms with Gasteiger partial charge < -0.3 is 15.4 Å². The van der Waals surface area contributed by atoms with Crippen LogP contribution >= 0.6 is 11.3 Å². The summed E-state index contributed by atoms with van der Waals surface area (Å²) in [7, 11) is 0. The Morgan fingerprint density at radius 2 is 1.93 bits per heavy atom. The number of carbonyl (C=O) groups excluding carboxylic acids is 2. The molecule has 3 rings (SSSR count). The minimum Gasteiger partial charge on any atom is -0.373 e. The number of rotatable bonds is 6. The summed E-state index contributed by atoms with van der Waals surface area (Å²) in [4.78, 5) is 30.8. The van der Waals surface area contributed by atoms with Crippen LogP contribution in [0.15, 0.2) is 35.7 Å². The van der Waals surface area contributed by atoms with Crippen LogP contribution in [-0.2, 0) is 16.1 Å². The van der Waals surface area contributed by atoms with Gasteiger partial charge in [0.25, 0.3) is 5.91 Å². The molecule has 8 heteroatoms. The highest BCUT2D eigenvalue weighted by Gasteiger charge is 2.22. The molecule has 0 radical (unpaired) electrons. The highest BCUT2D eigenvalue weighted by Crippen LogP contribution is 2.19. The summed E-state index contributed by atoms with van der Waals surface area (Å²) in [5.74, 6) is -0.574. The molecular formula is C19H24N4O3S. The number of benzene rings is 1. The van der Waals surface area contributed by atoms with Gasteiger partial charge >= 0.3 is 0 Å². The van der Waals surface area contributed by atoms with E-state index in [1.165, 1.54) is 11.3 Å². The van der Waals surface area contributed by atoms with E-state index in [-0.39, 0.29) is 30.6 Å². The third-order valence-electron chi connectivity index (χ3n) is 4.12. The van der Waals surface area contributed by atoms with Crippen LogP contribution < -0.4 is 10.6 Å². The quantitative estimate of drug-likeness (QED) is 0.792. The monoisotopic (exact) mass is 388 g/mol. The maximum absolute atomic E-state index is 12.0. The number of nitrogens with zero attached hydrogens (tertiary/aromatic N) is 2. The first-order valence-electron chi connectivity index (χ1n) is 8.95. The number of amides is 2. The molecule has 2 atom stereocenters. The minimum absolute atomic E-state index is 0.0961. The number of nitrogens with one attached hydrogen (secondary N) is 2. The molecule has 2 heterocycles. The van der Waals surface area contributed by atoms with Crippen LogP contribution in [0.2, 0.25) is 0 Å². The van der Waals surface area contributed by atoms with Gasteiger partial charge in [0.1, 0.15) is 0 Å². The summed E-state index contributed by atoms with van der Waals surface area (Å²) in [6, 6.07) is 8.80. The van der Waals surface area contributed by atoms with E-state index in [0.717, 1.165) is 25.3 Å². The number of aromatic nitrogens is 1. The smallest absolute Gasteiger partial charge is 0.251 e. The molecule has 2 aromatic rings. The van der Waals surface area contributed by atoms with E-state index in [9.17, 15) is 9.59 Å². The van der Waals surface area contributed by atoms with Crippen molar-refractivity contribution < 1.29 is 14.3 Å². The van der Waals surface area contributed by atoms with Crippen molar-refractivity contribution in [2.45, 2.75) is 32.6 Å². The van der Waals surface area contributed by atoms with Crippen LogP contribution in [-0.4, -0.2) is 53.5 Å². The zero-order chi connectivity index (χ0) is 19.2. The first-order chi connectivity index (χ1) is 13.0. The van der Waals surface area contributed by atoms with Gasteiger partial charge in [-0.1, -0.05) is 18.2 Å². The van der Waals surface area contributed by atoms with E-state index in [4.69, 9.17) is 4.74 Å². The molecule has 1 aliphatic heterocycles. The van der Waals surface area contributed by atoms with Crippen molar-refractivity contribution in [2.24, 2.45) is 0 Å². The van der Waals surface area contributed by atoms with Crippen LogP contribution in [0.25, 0.3) is 0 Å². The fourth-order valence-electron chi connectivity index (χ4n) is 3.10. The largest absolute Gasteiger partial charge is 0.373 e. The molecule has 1 fully saturated rings. The molecule has 0 spiro atoms. The SMILES string of the molecule is CC1CN(Cc2csc(NC(=O)CNC(=O)c3ccccc3)n2)CC(C)O1. The topological polar surface area (TPSA) is 83.6 Å². The second-order valence-electron chi connectivity index (χ2n) is 6.69. The molecule has 27 heavy (non-hydrogen) atoms. The summed E-state index contributed by atoms with van der Waals surface area (Å²) in [6.45, 7) is 6.51. The Labute approximate surface area is 162 Å². The Kier molecular flexibility index (Phi) is 6.54. The van der Waals surface area contributed by atoms with Crippen molar-refractivity contribution in [3.8, 4) is 0 Å². The lowest BCUT2D eigenvalue weighted by Crippen LogP contribution is -2.44. The van der Waals surface area contributed by atoms with Crippen molar-refractivity contribution in [3.05, 3.63) is 47.0 Å². The Bertz CT molecular complexity index is 770. The van der Waals surface area contributed by atoms with E-state index in [2.05, 4.69) is 34.4 Å². The van der Waals surface area contributed by atoms with E-state index >= 15 is 0 Å². The lowest BCUT2D eigenvalue weighted by molar-refractivity contribution is -0.115. The first-order valence-corrected chi connectivity index (χ1v) is 9.83. The van der Waals surface area contributed by atoms with Gasteiger partial charge in [-0.25, -0.2) is 4.98 Å². The molecule has 2 unspecified atom stereocenters. The van der Waals surface area contributed by atoms with Crippen molar-refractivity contribution in [3.63, 3.8) is 0 Å². The summed E-state index contributed by atoms with van der Waals surface area (Å²) < 4.78 is 5.74. The predicted octanol–water partition coefficient (Wildman–Crippen LogP) is 2.12. The number of thiazole rings is 1. The van der Waals surface area contributed by atoms with Crippen LogP contribution in [0.3, 0.4) is 0 Å². The van der Waals surface area contributed by atoms with E-state index in [1.54, 1.807) is 24.3 Å². The predicted molar refractivity (Wildman–Crippen MR) is 105 cm³/mol. The van der Waals surface area contributed by atoms with Crippen LogP contribution in [0, 0.1) is 0 Å². The fourth-order valence-corrected chi connectivity index (χ4v) is 3.81. The molecule has 1 aliphatic rings. The van der Waals surface area contributed by atoms with Gasteiger partial charge in [0.2, 0.25) is 5.91 Å². The van der Waals surface area contributed by atoms with E-state index < -0.39 is 0 Å². The second kappa shape index (κ2) is 9.07. The van der Waals surface area contributed by atoms with Gasteiger partial charge in [-0.2, -0.15) is 0 Å². The van der Waals surface area contributed by atoms with Crippen molar-refractivity contribution >= 4 is 28.3 Å². The van der Waals surface area contributed by atoms with Gasteiger partial charge in [0, 0.05) is 30.6 Å². The molecule has 1 aromatic carbocycles. The maximum Gasteiger partial charge on any atom is 0.251 e. The average molecular weight is 388 g/mol. The molecule has 1 aromatic heterocycles. The highest BCUT2D eigenvalue weighted by molar-refractivity contribution is 7.13. The van der Waals surface area contributed by atoms with E-state index in [0.29, 0.717) is 10.7 Å². The molecule has 0 bridgehead atoms. The standard InChI is InChI=1S/C19H24N4O3S/c1-13-9-23(10-14(2)26-13)11-16-12-27-19(21-16)22-17(24)8-20-18(25)15-6-4-3-5-7-15/h3-7,12-14H,8-11H2,1-2H3,(H,20,25)(H,21,22,24). The number of hydrogen-bond donors (Lipinski definition) is 2. The Morgan fingerprint density at radius 1 is 1.22 bits per heavy atom. The summed E-state index contributed by atoms with van der Waals surface area (Å²) >= 11 is 1.39. The van der Waals surface area contributed by atoms with Crippen LogP contribution in [0.4, 0.5) is 5.13 Å². The maximum atomic E-state index is 12.0. The molecule has 0 saturated carbocycles. The highest BCUT2D eigenvalue weighted by atomic mass is 32.1. The summed E-state index contributed by atoms with van der Waals surface area (Å²) in [6.07, 6.45) is 0.416. The molecule has 0 aliphatic carbocycles. The third-order valence-corrected chi connectivity index (χ3v) is 4.93. The summed E-state index contributed by atoms with van der Waals surface area (Å²) in [5, 5.41) is 7.83. The first kappa shape index (κ1) is 19.5. The lowest BCUT2D eigenvalue weighted by Gasteiger charge is -2.34. The molecule has 1 saturated heterocycles. The second-order valence-corrected chi connectivity index (χ2v) is 7.55. The lowest BCUT2D eigenvalue weighted by atomic mass is 10.2.